The van der Waals surface area contributed by atoms with E-state index in [4.69, 9.17) is 0 Å². The number of amides is 1. The smallest absolute Gasteiger partial charge is 0.244 e. The van der Waals surface area contributed by atoms with Crippen molar-refractivity contribution in [2.24, 2.45) is 0 Å². The number of aryl methyl sites for hydroxylation is 1. The van der Waals surface area contributed by atoms with Crippen molar-refractivity contribution in [1.29, 1.82) is 0 Å². The molecule has 1 unspecified atom stereocenters. The summed E-state index contributed by atoms with van der Waals surface area (Å²) in [5, 5.41) is 3.03. The van der Waals surface area contributed by atoms with Crippen LogP contribution in [0.1, 0.15) is 12.7 Å². The molecule has 1 aromatic rings. The molecule has 88 valence electrons. The van der Waals surface area contributed by atoms with Crippen molar-refractivity contribution in [2.75, 3.05) is 19.4 Å². The number of anilines is 1. The van der Waals surface area contributed by atoms with Crippen molar-refractivity contribution in [1.82, 2.24) is 14.9 Å². The van der Waals surface area contributed by atoms with Crippen LogP contribution in [-0.2, 0) is 4.79 Å². The Morgan fingerprint density at radius 1 is 1.50 bits per heavy atom. The fourth-order valence-corrected chi connectivity index (χ4v) is 1.75. The van der Waals surface area contributed by atoms with Gasteiger partial charge >= 0.3 is 0 Å². The maximum absolute atomic E-state index is 11.6. The minimum Gasteiger partial charge on any atom is -0.358 e. The first-order valence-electron chi connectivity index (χ1n) is 4.89. The fraction of sp³-hybridized carbons (Fsp3) is 0.500. The van der Waals surface area contributed by atoms with E-state index in [1.54, 1.807) is 38.9 Å². The number of nitrogens with one attached hydrogen (secondary N) is 1. The Morgan fingerprint density at radius 2 is 2.12 bits per heavy atom. The van der Waals surface area contributed by atoms with E-state index in [2.05, 4.69) is 31.2 Å². The summed E-state index contributed by atoms with van der Waals surface area (Å²) in [7, 11) is 3.45. The van der Waals surface area contributed by atoms with Crippen LogP contribution in [0.3, 0.4) is 0 Å². The largest absolute Gasteiger partial charge is 0.358 e. The molecular weight excluding hydrogens is 272 g/mol. The molecular formula is C10H15BrN4O. The van der Waals surface area contributed by atoms with E-state index >= 15 is 0 Å². The van der Waals surface area contributed by atoms with Crippen molar-refractivity contribution in [3.63, 3.8) is 0 Å². The lowest BCUT2D eigenvalue weighted by molar-refractivity contribution is -0.129. The number of carbonyl (C=O) groups is 1. The lowest BCUT2D eigenvalue weighted by Gasteiger charge is -2.18. The average Bonchev–Trinajstić information content (AvgIpc) is 2.14. The number of likely N-dealkylation sites (N-methyl/N-ethyl adjacent to an activating group) is 1. The highest BCUT2D eigenvalue weighted by Crippen LogP contribution is 2.13. The summed E-state index contributed by atoms with van der Waals surface area (Å²) in [5.74, 6) is 1.30. The molecule has 16 heavy (non-hydrogen) atoms. The van der Waals surface area contributed by atoms with Gasteiger partial charge in [0.15, 0.2) is 0 Å². The van der Waals surface area contributed by atoms with Crippen LogP contribution in [0.4, 0.5) is 5.82 Å². The zero-order chi connectivity index (χ0) is 12.3. The van der Waals surface area contributed by atoms with Gasteiger partial charge in [-0.1, -0.05) is 0 Å². The van der Waals surface area contributed by atoms with Crippen LogP contribution in [0, 0.1) is 6.92 Å². The molecule has 0 radical (unpaired) electrons. The van der Waals surface area contributed by atoms with Crippen LogP contribution in [0.2, 0.25) is 0 Å². The summed E-state index contributed by atoms with van der Waals surface area (Å²) in [4.78, 5) is 21.5. The minimum absolute atomic E-state index is 0.00684. The number of hydrogen-bond acceptors (Lipinski definition) is 4. The Hall–Kier alpha value is -1.17. The average molecular weight is 287 g/mol. The quantitative estimate of drug-likeness (QED) is 0.855. The number of nitrogens with zero attached hydrogens (tertiary/aromatic N) is 3. The third-order valence-electron chi connectivity index (χ3n) is 1.98. The molecule has 1 heterocycles. The van der Waals surface area contributed by atoms with Crippen LogP contribution in [0.15, 0.2) is 10.7 Å². The number of carbonyl (C=O) groups excluding carboxylic acids is 1. The number of hydrogen-bond donors (Lipinski definition) is 1. The molecule has 0 aliphatic carbocycles. The number of halogens is 1. The second-order valence-corrected chi connectivity index (χ2v) is 4.53. The third kappa shape index (κ3) is 3.44. The van der Waals surface area contributed by atoms with E-state index in [-0.39, 0.29) is 11.9 Å². The minimum atomic E-state index is -0.309. The standard InChI is InChI=1S/C10H15BrN4O/c1-6(10(16)15(3)4)12-9-5-8(11)13-7(2)14-9/h5-6H,1-4H3,(H,12,13,14). The highest BCUT2D eigenvalue weighted by molar-refractivity contribution is 9.10. The molecule has 0 bridgehead atoms. The van der Waals surface area contributed by atoms with E-state index < -0.39 is 0 Å². The Kier molecular flexibility index (Phi) is 4.23. The van der Waals surface area contributed by atoms with Gasteiger partial charge in [0.25, 0.3) is 0 Å². The molecule has 0 saturated heterocycles. The molecule has 0 aliphatic rings. The predicted octanol–water partition coefficient (Wildman–Crippen LogP) is 1.44. The highest BCUT2D eigenvalue weighted by atomic mass is 79.9. The van der Waals surface area contributed by atoms with Gasteiger partial charge in [0.1, 0.15) is 22.3 Å². The second-order valence-electron chi connectivity index (χ2n) is 3.72. The molecule has 0 aromatic carbocycles. The van der Waals surface area contributed by atoms with Gasteiger partial charge in [0.2, 0.25) is 5.91 Å². The maximum atomic E-state index is 11.6. The van der Waals surface area contributed by atoms with E-state index in [1.165, 1.54) is 0 Å². The summed E-state index contributed by atoms with van der Waals surface area (Å²) in [5.41, 5.74) is 0. The lowest BCUT2D eigenvalue weighted by Crippen LogP contribution is -2.36. The maximum Gasteiger partial charge on any atom is 0.244 e. The zero-order valence-electron chi connectivity index (χ0n) is 9.78. The van der Waals surface area contributed by atoms with Gasteiger partial charge in [0.05, 0.1) is 0 Å². The summed E-state index contributed by atoms with van der Waals surface area (Å²) >= 11 is 3.28. The van der Waals surface area contributed by atoms with Crippen molar-refractivity contribution in [2.45, 2.75) is 19.9 Å². The van der Waals surface area contributed by atoms with Crippen LogP contribution in [0.5, 0.6) is 0 Å². The van der Waals surface area contributed by atoms with Crippen molar-refractivity contribution in [3.8, 4) is 0 Å². The van der Waals surface area contributed by atoms with Gasteiger partial charge in [0, 0.05) is 20.2 Å². The van der Waals surface area contributed by atoms with E-state index in [0.29, 0.717) is 16.2 Å². The second kappa shape index (κ2) is 5.25. The molecule has 0 spiro atoms. The molecule has 5 nitrogen and oxygen atoms in total. The van der Waals surface area contributed by atoms with E-state index in [1.807, 2.05) is 0 Å². The van der Waals surface area contributed by atoms with Crippen LogP contribution in [-0.4, -0.2) is 40.9 Å². The van der Waals surface area contributed by atoms with Gasteiger partial charge in [-0.25, -0.2) is 9.97 Å². The molecule has 1 N–H and O–H groups in total. The summed E-state index contributed by atoms with van der Waals surface area (Å²) in [6, 6.07) is 1.43. The topological polar surface area (TPSA) is 58.1 Å². The SMILES string of the molecule is Cc1nc(Br)cc(NC(C)C(=O)N(C)C)n1. The Bertz CT molecular complexity index is 374. The van der Waals surface area contributed by atoms with Crippen molar-refractivity contribution < 1.29 is 4.79 Å². The van der Waals surface area contributed by atoms with Gasteiger partial charge in [-0.15, -0.1) is 0 Å². The Balaban J connectivity index is 2.76. The van der Waals surface area contributed by atoms with Gasteiger partial charge in [-0.05, 0) is 29.8 Å². The molecule has 0 aliphatic heterocycles. The highest BCUT2D eigenvalue weighted by Gasteiger charge is 2.15. The summed E-state index contributed by atoms with van der Waals surface area (Å²) in [6.07, 6.45) is 0. The first-order chi connectivity index (χ1) is 7.40. The van der Waals surface area contributed by atoms with Gasteiger partial charge < -0.3 is 10.2 Å². The lowest BCUT2D eigenvalue weighted by atomic mass is 10.3. The summed E-state index contributed by atoms with van der Waals surface area (Å²) in [6.45, 7) is 3.60. The van der Waals surface area contributed by atoms with Crippen molar-refractivity contribution in [3.05, 3.63) is 16.5 Å². The van der Waals surface area contributed by atoms with Crippen LogP contribution in [0.25, 0.3) is 0 Å². The van der Waals surface area contributed by atoms with E-state index in [0.717, 1.165) is 0 Å². The molecule has 0 saturated carbocycles. The van der Waals surface area contributed by atoms with Gasteiger partial charge in [-0.2, -0.15) is 0 Å². The van der Waals surface area contributed by atoms with E-state index in [9.17, 15) is 4.79 Å². The molecule has 0 fully saturated rings. The molecule has 6 heteroatoms. The van der Waals surface area contributed by atoms with Crippen molar-refractivity contribution >= 4 is 27.7 Å². The molecule has 1 aromatic heterocycles. The molecule has 1 amide bonds. The van der Waals surface area contributed by atoms with Crippen LogP contribution < -0.4 is 5.32 Å². The third-order valence-corrected chi connectivity index (χ3v) is 2.39. The normalized spacial score (nSPS) is 12.1. The fourth-order valence-electron chi connectivity index (χ4n) is 1.28. The predicted molar refractivity (Wildman–Crippen MR) is 66.2 cm³/mol. The first kappa shape index (κ1) is 12.9. The zero-order valence-corrected chi connectivity index (χ0v) is 11.4. The Labute approximate surface area is 103 Å². The molecule has 1 rings (SSSR count). The number of aromatic nitrogens is 2. The number of rotatable bonds is 3. The molecule has 1 atom stereocenters. The first-order valence-corrected chi connectivity index (χ1v) is 5.68. The van der Waals surface area contributed by atoms with Crippen LogP contribution >= 0.6 is 15.9 Å². The summed E-state index contributed by atoms with van der Waals surface area (Å²) < 4.78 is 0.701. The van der Waals surface area contributed by atoms with Gasteiger partial charge in [-0.3, -0.25) is 4.79 Å². The monoisotopic (exact) mass is 286 g/mol. The Morgan fingerprint density at radius 3 is 2.62 bits per heavy atom.